The zero-order valence-corrected chi connectivity index (χ0v) is 17.4. The van der Waals surface area contributed by atoms with Gasteiger partial charge in [-0.3, -0.25) is 19.2 Å². The third-order valence-electron chi connectivity index (χ3n) is 4.50. The van der Waals surface area contributed by atoms with Crippen molar-refractivity contribution in [3.8, 4) is 0 Å². The van der Waals surface area contributed by atoms with E-state index in [-0.39, 0.29) is 24.7 Å². The van der Waals surface area contributed by atoms with Crippen molar-refractivity contribution >= 4 is 29.6 Å². The lowest BCUT2D eigenvalue weighted by Gasteiger charge is -2.24. The van der Waals surface area contributed by atoms with E-state index in [1.54, 1.807) is 27.7 Å². The number of aliphatic carboxylic acids is 1. The molecule has 4 atom stereocenters. The topological polar surface area (TPSA) is 194 Å². The molecule has 0 radical (unpaired) electrons. The van der Waals surface area contributed by atoms with Crippen molar-refractivity contribution in [1.82, 2.24) is 16.0 Å². The van der Waals surface area contributed by atoms with Gasteiger partial charge < -0.3 is 32.5 Å². The molecular formula is C18H33N5O6. The molecule has 0 spiro atoms. The molecule has 4 amide bonds. The number of rotatable bonds is 13. The minimum absolute atomic E-state index is 0.0438. The monoisotopic (exact) mass is 415 g/mol. The van der Waals surface area contributed by atoms with Crippen LogP contribution in [-0.2, 0) is 24.0 Å². The molecule has 0 heterocycles. The fourth-order valence-corrected chi connectivity index (χ4v) is 2.41. The van der Waals surface area contributed by atoms with Crippen LogP contribution in [0.5, 0.6) is 0 Å². The highest BCUT2D eigenvalue weighted by Crippen LogP contribution is 2.08. The van der Waals surface area contributed by atoms with Crippen molar-refractivity contribution in [2.75, 3.05) is 6.54 Å². The van der Waals surface area contributed by atoms with Gasteiger partial charge in [0.2, 0.25) is 23.6 Å². The van der Waals surface area contributed by atoms with Crippen LogP contribution in [0.25, 0.3) is 0 Å². The first-order valence-corrected chi connectivity index (χ1v) is 9.54. The number of hydrogen-bond acceptors (Lipinski definition) is 6. The predicted molar refractivity (Wildman–Crippen MR) is 105 cm³/mol. The van der Waals surface area contributed by atoms with Gasteiger partial charge >= 0.3 is 5.97 Å². The number of hydrogen-bond donors (Lipinski definition) is 6. The van der Waals surface area contributed by atoms with Crippen LogP contribution in [-0.4, -0.2) is 59.4 Å². The van der Waals surface area contributed by atoms with Crippen molar-refractivity contribution in [2.45, 2.75) is 65.1 Å². The van der Waals surface area contributed by atoms with Crippen molar-refractivity contribution < 1.29 is 29.1 Å². The van der Waals surface area contributed by atoms with Crippen molar-refractivity contribution in [3.63, 3.8) is 0 Å². The molecule has 0 aliphatic rings. The Morgan fingerprint density at radius 1 is 0.966 bits per heavy atom. The molecule has 4 unspecified atom stereocenters. The second-order valence-electron chi connectivity index (χ2n) is 7.33. The van der Waals surface area contributed by atoms with Crippen LogP contribution in [0.4, 0.5) is 0 Å². The number of carbonyl (C=O) groups is 5. The summed E-state index contributed by atoms with van der Waals surface area (Å²) in [6.45, 7) is 6.46. The Labute approximate surface area is 170 Å². The van der Waals surface area contributed by atoms with E-state index in [0.29, 0.717) is 6.42 Å². The molecule has 0 aliphatic carbocycles. The van der Waals surface area contributed by atoms with Gasteiger partial charge in [-0.05, 0) is 18.3 Å². The fraction of sp³-hybridized carbons (Fsp3) is 0.722. The van der Waals surface area contributed by atoms with Gasteiger partial charge in [-0.1, -0.05) is 34.1 Å². The Hall–Kier alpha value is -2.69. The largest absolute Gasteiger partial charge is 0.480 e. The molecule has 0 fully saturated rings. The third kappa shape index (κ3) is 9.88. The van der Waals surface area contributed by atoms with Gasteiger partial charge in [-0.15, -0.1) is 0 Å². The van der Waals surface area contributed by atoms with Crippen LogP contribution in [0, 0.1) is 11.8 Å². The highest BCUT2D eigenvalue weighted by molar-refractivity contribution is 5.92. The van der Waals surface area contributed by atoms with Gasteiger partial charge in [0.1, 0.15) is 12.1 Å². The Balaban J connectivity index is 4.78. The molecule has 0 aliphatic heterocycles. The molecule has 0 saturated carbocycles. The SMILES string of the molecule is CCC(C)C(NC(=O)CNC(=O)C(NC(=O)C(N)CCC(N)=O)C(C)C)C(=O)O. The lowest BCUT2D eigenvalue weighted by atomic mass is 9.99. The summed E-state index contributed by atoms with van der Waals surface area (Å²) >= 11 is 0. The highest BCUT2D eigenvalue weighted by Gasteiger charge is 2.28. The van der Waals surface area contributed by atoms with Crippen LogP contribution in [0.3, 0.4) is 0 Å². The van der Waals surface area contributed by atoms with Gasteiger partial charge in [-0.25, -0.2) is 4.79 Å². The van der Waals surface area contributed by atoms with Crippen molar-refractivity contribution in [2.24, 2.45) is 23.3 Å². The summed E-state index contributed by atoms with van der Waals surface area (Å²) in [7, 11) is 0. The average Bonchev–Trinajstić information content (AvgIpc) is 2.64. The average molecular weight is 415 g/mol. The first-order valence-electron chi connectivity index (χ1n) is 9.54. The molecule has 0 bridgehead atoms. The van der Waals surface area contributed by atoms with Crippen LogP contribution in [0.2, 0.25) is 0 Å². The number of nitrogens with two attached hydrogens (primary N) is 2. The van der Waals surface area contributed by atoms with Crippen LogP contribution >= 0.6 is 0 Å². The first kappa shape index (κ1) is 26.3. The maximum atomic E-state index is 12.4. The number of nitrogens with one attached hydrogen (secondary N) is 3. The Bertz CT molecular complexity index is 610. The van der Waals surface area contributed by atoms with Crippen LogP contribution < -0.4 is 27.4 Å². The number of carboxylic acids is 1. The fourth-order valence-electron chi connectivity index (χ4n) is 2.41. The standard InChI is InChI=1S/C18H33N5O6/c1-5-10(4)15(18(28)29)22-13(25)8-21-17(27)14(9(2)3)23-16(26)11(19)6-7-12(20)24/h9-11,14-15H,5-8,19H2,1-4H3,(H2,20,24)(H,21,27)(H,22,25)(H,23,26)(H,28,29). The van der Waals surface area contributed by atoms with E-state index in [9.17, 15) is 29.1 Å². The van der Waals surface area contributed by atoms with E-state index in [4.69, 9.17) is 11.5 Å². The molecule has 11 heteroatoms. The Morgan fingerprint density at radius 3 is 2.00 bits per heavy atom. The molecule has 0 rings (SSSR count). The van der Waals surface area contributed by atoms with E-state index in [1.165, 1.54) is 0 Å². The van der Waals surface area contributed by atoms with E-state index < -0.39 is 54.3 Å². The summed E-state index contributed by atoms with van der Waals surface area (Å²) in [4.78, 5) is 58.6. The molecular weight excluding hydrogens is 382 g/mol. The maximum absolute atomic E-state index is 12.4. The molecule has 8 N–H and O–H groups in total. The maximum Gasteiger partial charge on any atom is 0.326 e. The van der Waals surface area contributed by atoms with Crippen LogP contribution in [0.1, 0.15) is 47.0 Å². The van der Waals surface area contributed by atoms with Crippen molar-refractivity contribution in [3.05, 3.63) is 0 Å². The van der Waals surface area contributed by atoms with Gasteiger partial charge in [0.15, 0.2) is 0 Å². The summed E-state index contributed by atoms with van der Waals surface area (Å²) in [5.41, 5.74) is 10.7. The van der Waals surface area contributed by atoms with Gasteiger partial charge in [0.05, 0.1) is 12.6 Å². The normalized spacial score (nSPS) is 15.0. The van der Waals surface area contributed by atoms with Gasteiger partial charge in [-0.2, -0.15) is 0 Å². The van der Waals surface area contributed by atoms with E-state index in [1.807, 2.05) is 0 Å². The minimum Gasteiger partial charge on any atom is -0.480 e. The van der Waals surface area contributed by atoms with Gasteiger partial charge in [0, 0.05) is 6.42 Å². The zero-order valence-electron chi connectivity index (χ0n) is 17.4. The zero-order chi connectivity index (χ0) is 22.7. The van der Waals surface area contributed by atoms with E-state index in [2.05, 4.69) is 16.0 Å². The summed E-state index contributed by atoms with van der Waals surface area (Å²) < 4.78 is 0. The van der Waals surface area contributed by atoms with E-state index >= 15 is 0 Å². The molecule has 0 saturated heterocycles. The van der Waals surface area contributed by atoms with Crippen LogP contribution in [0.15, 0.2) is 0 Å². The summed E-state index contributed by atoms with van der Waals surface area (Å²) in [6.07, 6.45) is 0.539. The first-order chi connectivity index (χ1) is 13.4. The second kappa shape index (κ2) is 12.7. The predicted octanol–water partition coefficient (Wildman–Crippen LogP) is -1.55. The van der Waals surface area contributed by atoms with E-state index in [0.717, 1.165) is 0 Å². The number of carbonyl (C=O) groups excluding carboxylic acids is 4. The summed E-state index contributed by atoms with van der Waals surface area (Å²) in [6, 6.07) is -3.03. The lowest BCUT2D eigenvalue weighted by Crippen LogP contribution is -2.55. The van der Waals surface area contributed by atoms with Crippen molar-refractivity contribution in [1.29, 1.82) is 0 Å². The summed E-state index contributed by atoms with van der Waals surface area (Å²) in [5.74, 6) is -4.22. The van der Waals surface area contributed by atoms with Gasteiger partial charge in [0.25, 0.3) is 0 Å². The molecule has 11 nitrogen and oxygen atoms in total. The third-order valence-corrected chi connectivity index (χ3v) is 4.50. The molecule has 166 valence electrons. The smallest absolute Gasteiger partial charge is 0.326 e. The lowest BCUT2D eigenvalue weighted by molar-refractivity contribution is -0.143. The molecule has 0 aromatic heterocycles. The number of carboxylic acid groups (broad SMARTS) is 1. The number of primary amides is 1. The quantitative estimate of drug-likeness (QED) is 0.209. The molecule has 29 heavy (non-hydrogen) atoms. The second-order valence-corrected chi connectivity index (χ2v) is 7.33. The highest BCUT2D eigenvalue weighted by atomic mass is 16.4. The molecule has 0 aromatic rings. The number of amides is 4. The molecule has 0 aromatic carbocycles. The summed E-state index contributed by atoms with van der Waals surface area (Å²) in [5, 5.41) is 16.5. The minimum atomic E-state index is -1.16. The Kier molecular flexibility index (Phi) is 11.5. The Morgan fingerprint density at radius 2 is 1.55 bits per heavy atom.